The molecular weight excluding hydrogens is 324 g/mol. The zero-order valence-electron chi connectivity index (χ0n) is 13.0. The lowest BCUT2D eigenvalue weighted by molar-refractivity contribution is -0.141. The van der Waals surface area contributed by atoms with Crippen LogP contribution in [0, 0.1) is 5.92 Å². The van der Waals surface area contributed by atoms with Gasteiger partial charge in [0, 0.05) is 18.4 Å². The van der Waals surface area contributed by atoms with Gasteiger partial charge in [0.25, 0.3) is 0 Å². The fraction of sp³-hybridized carbons (Fsp3) is 0.500. The largest absolute Gasteiger partial charge is 0.496 e. The van der Waals surface area contributed by atoms with Crippen molar-refractivity contribution in [2.24, 2.45) is 5.92 Å². The Labute approximate surface area is 138 Å². The predicted molar refractivity (Wildman–Crippen MR) is 81.7 cm³/mol. The van der Waals surface area contributed by atoms with E-state index in [1.807, 2.05) is 0 Å². The Hall–Kier alpha value is -1.79. The molecule has 1 heterocycles. The third-order valence-electron chi connectivity index (χ3n) is 4.57. The van der Waals surface area contributed by atoms with E-state index < -0.39 is 29.2 Å². The van der Waals surface area contributed by atoms with Gasteiger partial charge in [-0.2, -0.15) is 0 Å². The molecule has 1 N–H and O–H groups in total. The van der Waals surface area contributed by atoms with Crippen LogP contribution in [0.4, 0.5) is 0 Å². The summed E-state index contributed by atoms with van der Waals surface area (Å²) in [6, 6.07) is 1.49. The van der Waals surface area contributed by atoms with Gasteiger partial charge in [0.2, 0.25) is 11.4 Å². The molecule has 0 bridgehead atoms. The summed E-state index contributed by atoms with van der Waals surface area (Å²) in [5.74, 6) is -0.757. The van der Waals surface area contributed by atoms with Crippen molar-refractivity contribution in [2.75, 3.05) is 14.2 Å². The van der Waals surface area contributed by atoms with Crippen molar-refractivity contribution in [3.05, 3.63) is 16.7 Å². The van der Waals surface area contributed by atoms with Crippen LogP contribution in [-0.4, -0.2) is 42.6 Å². The molecule has 1 saturated carbocycles. The summed E-state index contributed by atoms with van der Waals surface area (Å²) in [6.45, 7) is 1.71. The summed E-state index contributed by atoms with van der Waals surface area (Å²) in [6.07, 6.45) is -0.598. The van der Waals surface area contributed by atoms with Crippen LogP contribution < -0.4 is 14.2 Å². The van der Waals surface area contributed by atoms with Crippen molar-refractivity contribution < 1.29 is 28.9 Å². The number of carbonyl (C=O) groups excluding carboxylic acids is 2. The number of carbonyl (C=O) groups is 2. The minimum atomic E-state index is -1.65. The molecule has 1 fully saturated rings. The van der Waals surface area contributed by atoms with Gasteiger partial charge in [-0.15, -0.1) is 0 Å². The molecule has 23 heavy (non-hydrogen) atoms. The van der Waals surface area contributed by atoms with Gasteiger partial charge in [0.15, 0.2) is 11.5 Å². The topological polar surface area (TPSA) is 82.1 Å². The number of aliphatic hydroxyl groups is 1. The molecule has 3 atom stereocenters. The smallest absolute Gasteiger partial charge is 0.232 e. The van der Waals surface area contributed by atoms with Crippen LogP contribution in [0.15, 0.2) is 6.07 Å². The molecule has 2 aliphatic rings. The van der Waals surface area contributed by atoms with E-state index in [9.17, 15) is 14.7 Å². The second-order valence-corrected chi connectivity index (χ2v) is 6.26. The fourth-order valence-electron chi connectivity index (χ4n) is 3.41. The van der Waals surface area contributed by atoms with Gasteiger partial charge in [-0.05, 0) is 6.42 Å². The Kier molecular flexibility index (Phi) is 3.77. The molecular formula is C16H17ClO6. The summed E-state index contributed by atoms with van der Waals surface area (Å²) in [4.78, 5) is 25.6. The maximum Gasteiger partial charge on any atom is 0.232 e. The molecule has 1 aromatic rings. The molecule has 3 unspecified atom stereocenters. The van der Waals surface area contributed by atoms with E-state index in [4.69, 9.17) is 25.8 Å². The van der Waals surface area contributed by atoms with Crippen molar-refractivity contribution in [2.45, 2.75) is 31.5 Å². The first kappa shape index (κ1) is 16.1. The number of rotatable bonds is 2. The molecule has 1 aliphatic carbocycles. The molecule has 7 heteroatoms. The number of methoxy groups -OCH3 is 2. The average molecular weight is 341 g/mol. The van der Waals surface area contributed by atoms with Crippen molar-refractivity contribution in [1.82, 2.24) is 0 Å². The Morgan fingerprint density at radius 2 is 1.96 bits per heavy atom. The Balaban J connectivity index is 2.19. The Bertz CT molecular complexity index is 700. The summed E-state index contributed by atoms with van der Waals surface area (Å²) in [5.41, 5.74) is -1.50. The number of halogens is 1. The summed E-state index contributed by atoms with van der Waals surface area (Å²) < 4.78 is 16.3. The average Bonchev–Trinajstić information content (AvgIpc) is 2.82. The van der Waals surface area contributed by atoms with E-state index in [2.05, 4.69) is 0 Å². The molecule has 0 saturated heterocycles. The van der Waals surface area contributed by atoms with Crippen molar-refractivity contribution in [1.29, 1.82) is 0 Å². The van der Waals surface area contributed by atoms with Gasteiger partial charge in [-0.1, -0.05) is 18.5 Å². The normalized spacial score (nSPS) is 29.4. The highest BCUT2D eigenvalue weighted by Crippen LogP contribution is 2.53. The molecule has 0 radical (unpaired) electrons. The van der Waals surface area contributed by atoms with Crippen LogP contribution in [0.5, 0.6) is 17.2 Å². The number of fused-ring (bicyclic) bond motifs is 1. The SMILES string of the molecule is COc1cc(OC)c2c(c1Cl)OC1(C(=O)CC(O)CC1C)C2=O. The van der Waals surface area contributed by atoms with Gasteiger partial charge in [0.05, 0.1) is 20.3 Å². The Morgan fingerprint density at radius 1 is 1.30 bits per heavy atom. The van der Waals surface area contributed by atoms with Crippen molar-refractivity contribution >= 4 is 23.2 Å². The number of ketones is 2. The maximum absolute atomic E-state index is 13.0. The monoisotopic (exact) mass is 340 g/mol. The highest BCUT2D eigenvalue weighted by molar-refractivity contribution is 6.36. The quantitative estimate of drug-likeness (QED) is 0.830. The van der Waals surface area contributed by atoms with Crippen molar-refractivity contribution in [3.63, 3.8) is 0 Å². The van der Waals surface area contributed by atoms with E-state index in [1.54, 1.807) is 6.92 Å². The second kappa shape index (κ2) is 5.39. The molecule has 6 nitrogen and oxygen atoms in total. The minimum Gasteiger partial charge on any atom is -0.496 e. The third-order valence-corrected chi connectivity index (χ3v) is 4.93. The minimum absolute atomic E-state index is 0.101. The van der Waals surface area contributed by atoms with Crippen LogP contribution in [0.1, 0.15) is 30.1 Å². The van der Waals surface area contributed by atoms with Crippen LogP contribution in [0.2, 0.25) is 5.02 Å². The molecule has 124 valence electrons. The summed E-state index contributed by atoms with van der Waals surface area (Å²) in [7, 11) is 2.85. The van der Waals surface area contributed by atoms with Crippen LogP contribution in [-0.2, 0) is 4.79 Å². The number of benzene rings is 1. The number of Topliss-reactive ketones (excluding diaryl/α,β-unsaturated/α-hetero) is 2. The van der Waals surface area contributed by atoms with Crippen LogP contribution in [0.3, 0.4) is 0 Å². The van der Waals surface area contributed by atoms with Gasteiger partial charge >= 0.3 is 0 Å². The lowest BCUT2D eigenvalue weighted by atomic mass is 9.71. The van der Waals surface area contributed by atoms with Gasteiger partial charge in [-0.25, -0.2) is 0 Å². The molecule has 1 aromatic carbocycles. The van der Waals surface area contributed by atoms with Crippen LogP contribution >= 0.6 is 11.6 Å². The molecule has 3 rings (SSSR count). The first-order chi connectivity index (χ1) is 10.9. The molecule has 0 amide bonds. The van der Waals surface area contributed by atoms with E-state index in [0.29, 0.717) is 12.2 Å². The van der Waals surface area contributed by atoms with Gasteiger partial charge in [-0.3, -0.25) is 9.59 Å². The summed E-state index contributed by atoms with van der Waals surface area (Å²) >= 11 is 6.26. The van der Waals surface area contributed by atoms with Gasteiger partial charge < -0.3 is 19.3 Å². The highest BCUT2D eigenvalue weighted by Gasteiger charge is 2.61. The third kappa shape index (κ3) is 2.05. The number of ether oxygens (including phenoxy) is 3. The Morgan fingerprint density at radius 3 is 2.52 bits per heavy atom. The standard InChI is InChI=1S/C16H17ClO6/c1-7-4-8(18)5-11(19)16(7)15(20)12-9(21-2)6-10(22-3)13(17)14(12)23-16/h6-8,18H,4-5H2,1-3H3. The van der Waals surface area contributed by atoms with E-state index in [1.165, 1.54) is 20.3 Å². The zero-order valence-corrected chi connectivity index (χ0v) is 13.8. The molecule has 1 aliphatic heterocycles. The lowest BCUT2D eigenvalue weighted by Crippen LogP contribution is -2.58. The number of hydrogen-bond donors (Lipinski definition) is 1. The summed E-state index contributed by atoms with van der Waals surface area (Å²) in [5, 5.41) is 9.90. The number of aliphatic hydroxyl groups excluding tert-OH is 1. The van der Waals surface area contributed by atoms with Gasteiger partial charge in [0.1, 0.15) is 22.1 Å². The highest BCUT2D eigenvalue weighted by atomic mass is 35.5. The first-order valence-corrected chi connectivity index (χ1v) is 7.64. The zero-order chi connectivity index (χ0) is 16.9. The van der Waals surface area contributed by atoms with Crippen LogP contribution in [0.25, 0.3) is 0 Å². The first-order valence-electron chi connectivity index (χ1n) is 7.26. The number of hydrogen-bond acceptors (Lipinski definition) is 6. The molecule has 0 aromatic heterocycles. The fourth-order valence-corrected chi connectivity index (χ4v) is 3.67. The van der Waals surface area contributed by atoms with E-state index >= 15 is 0 Å². The van der Waals surface area contributed by atoms with E-state index in [0.717, 1.165) is 0 Å². The maximum atomic E-state index is 13.0. The molecule has 1 spiro atoms. The lowest BCUT2D eigenvalue weighted by Gasteiger charge is -2.37. The van der Waals surface area contributed by atoms with E-state index in [-0.39, 0.29) is 28.5 Å². The predicted octanol–water partition coefficient (Wildman–Crippen LogP) is 2.03. The second-order valence-electron chi connectivity index (χ2n) is 5.88. The van der Waals surface area contributed by atoms with Crippen molar-refractivity contribution in [3.8, 4) is 17.2 Å².